The molecule has 3 aromatic carbocycles. The maximum atomic E-state index is 12.9. The number of amides is 2. The van der Waals surface area contributed by atoms with Gasteiger partial charge >= 0.3 is 0 Å². The predicted octanol–water partition coefficient (Wildman–Crippen LogP) is 6.47. The summed E-state index contributed by atoms with van der Waals surface area (Å²) in [6, 6.07) is 20.6. The highest BCUT2D eigenvalue weighted by Crippen LogP contribution is 2.35. The van der Waals surface area contributed by atoms with Crippen LogP contribution in [0, 0.1) is 6.92 Å². The Bertz CT molecular complexity index is 1220. The fourth-order valence-corrected chi connectivity index (χ4v) is 4.36. The van der Waals surface area contributed by atoms with Crippen LogP contribution in [0.25, 0.3) is 6.08 Å². The van der Waals surface area contributed by atoms with Crippen molar-refractivity contribution in [2.24, 2.45) is 0 Å². The first-order valence-corrected chi connectivity index (χ1v) is 11.5. The Kier molecular flexibility index (Phi) is 7.06. The highest BCUT2D eigenvalue weighted by Gasteiger charge is 2.35. The topological polar surface area (TPSA) is 55.8 Å². The molecule has 0 aromatic heterocycles. The lowest BCUT2D eigenvalue weighted by Gasteiger charge is -2.13. The standard InChI is InChI=1S/C26H22ClNO4S/c1-17-7-9-18(10-8-17)15-28-25(29)24(33-26(28)30)14-19-11-12-22(23(13-19)31-2)32-16-20-5-3-4-6-21(20)27/h3-14H,15-16H2,1-2H3/b24-14-. The minimum Gasteiger partial charge on any atom is -0.493 e. The van der Waals surface area contributed by atoms with Gasteiger partial charge in [0.1, 0.15) is 6.61 Å². The molecule has 0 aliphatic carbocycles. The number of thioether (sulfide) groups is 1. The van der Waals surface area contributed by atoms with Crippen molar-refractivity contribution in [1.82, 2.24) is 4.90 Å². The summed E-state index contributed by atoms with van der Waals surface area (Å²) in [5, 5.41) is 0.355. The molecular weight excluding hydrogens is 458 g/mol. The van der Waals surface area contributed by atoms with E-state index >= 15 is 0 Å². The van der Waals surface area contributed by atoms with Crippen LogP contribution in [0.4, 0.5) is 4.79 Å². The van der Waals surface area contributed by atoms with Crippen LogP contribution < -0.4 is 9.47 Å². The van der Waals surface area contributed by atoms with Crippen LogP contribution in [0.15, 0.2) is 71.6 Å². The van der Waals surface area contributed by atoms with Crippen LogP contribution >= 0.6 is 23.4 Å². The molecule has 0 spiro atoms. The summed E-state index contributed by atoms with van der Waals surface area (Å²) in [6.45, 7) is 2.54. The first-order valence-electron chi connectivity index (χ1n) is 10.3. The van der Waals surface area contributed by atoms with Gasteiger partial charge in [-0.1, -0.05) is 65.7 Å². The van der Waals surface area contributed by atoms with Crippen LogP contribution in [-0.4, -0.2) is 23.2 Å². The fourth-order valence-electron chi connectivity index (χ4n) is 3.33. The Morgan fingerprint density at radius 1 is 1.00 bits per heavy atom. The molecule has 3 aromatic rings. The second kappa shape index (κ2) is 10.1. The molecule has 168 valence electrons. The number of nitrogens with zero attached hydrogens (tertiary/aromatic N) is 1. The zero-order valence-electron chi connectivity index (χ0n) is 18.2. The molecule has 4 rings (SSSR count). The number of imide groups is 1. The van der Waals surface area contributed by atoms with Gasteiger partial charge in [-0.2, -0.15) is 0 Å². The summed E-state index contributed by atoms with van der Waals surface area (Å²) in [6.07, 6.45) is 1.69. The Labute approximate surface area is 202 Å². The number of rotatable bonds is 7. The molecule has 7 heteroatoms. The lowest BCUT2D eigenvalue weighted by Crippen LogP contribution is -2.27. The van der Waals surface area contributed by atoms with Gasteiger partial charge in [0.25, 0.3) is 11.1 Å². The summed E-state index contributed by atoms with van der Waals surface area (Å²) >= 11 is 7.13. The fraction of sp³-hybridized carbons (Fsp3) is 0.154. The van der Waals surface area contributed by atoms with Crippen molar-refractivity contribution >= 4 is 40.6 Å². The number of carbonyl (C=O) groups excluding carboxylic acids is 2. The molecule has 33 heavy (non-hydrogen) atoms. The molecule has 2 amide bonds. The van der Waals surface area contributed by atoms with Crippen molar-refractivity contribution in [3.05, 3.63) is 98.9 Å². The molecule has 0 bridgehead atoms. The van der Waals surface area contributed by atoms with E-state index in [1.807, 2.05) is 61.5 Å². The van der Waals surface area contributed by atoms with Gasteiger partial charge < -0.3 is 9.47 Å². The summed E-state index contributed by atoms with van der Waals surface area (Å²) in [7, 11) is 1.55. The normalized spacial score (nSPS) is 14.8. The van der Waals surface area contributed by atoms with E-state index in [0.29, 0.717) is 28.0 Å². The molecule has 1 heterocycles. The van der Waals surface area contributed by atoms with Gasteiger partial charge in [-0.05, 0) is 54.1 Å². The number of ether oxygens (including phenoxy) is 2. The third-order valence-electron chi connectivity index (χ3n) is 5.16. The Morgan fingerprint density at radius 3 is 2.48 bits per heavy atom. The van der Waals surface area contributed by atoms with Crippen molar-refractivity contribution in [2.75, 3.05) is 7.11 Å². The van der Waals surface area contributed by atoms with Crippen molar-refractivity contribution in [3.8, 4) is 11.5 Å². The third-order valence-corrected chi connectivity index (χ3v) is 6.44. The molecule has 0 unspecified atom stereocenters. The Balaban J connectivity index is 1.49. The van der Waals surface area contributed by atoms with E-state index in [-0.39, 0.29) is 17.7 Å². The molecule has 1 aliphatic heterocycles. The largest absolute Gasteiger partial charge is 0.493 e. The van der Waals surface area contributed by atoms with E-state index in [1.165, 1.54) is 4.90 Å². The van der Waals surface area contributed by atoms with Crippen molar-refractivity contribution in [3.63, 3.8) is 0 Å². The Hall–Kier alpha value is -3.22. The first-order chi connectivity index (χ1) is 15.9. The van der Waals surface area contributed by atoms with E-state index in [9.17, 15) is 9.59 Å². The van der Waals surface area contributed by atoms with E-state index in [4.69, 9.17) is 21.1 Å². The van der Waals surface area contributed by atoms with Crippen molar-refractivity contribution < 1.29 is 19.1 Å². The van der Waals surface area contributed by atoms with Crippen LogP contribution in [0.2, 0.25) is 5.02 Å². The number of halogens is 1. The molecule has 1 saturated heterocycles. The van der Waals surface area contributed by atoms with Gasteiger partial charge in [0.2, 0.25) is 0 Å². The van der Waals surface area contributed by atoms with Crippen LogP contribution in [-0.2, 0) is 17.9 Å². The van der Waals surface area contributed by atoms with Gasteiger partial charge in [-0.15, -0.1) is 0 Å². The first kappa shape index (κ1) is 23.0. The third kappa shape index (κ3) is 5.41. The number of aryl methyl sites for hydroxylation is 1. The zero-order chi connectivity index (χ0) is 23.4. The average molecular weight is 480 g/mol. The monoisotopic (exact) mass is 479 g/mol. The maximum absolute atomic E-state index is 12.9. The number of benzene rings is 3. The van der Waals surface area contributed by atoms with Gasteiger partial charge in [0.15, 0.2) is 11.5 Å². The van der Waals surface area contributed by atoms with Crippen LogP contribution in [0.5, 0.6) is 11.5 Å². The summed E-state index contributed by atoms with van der Waals surface area (Å²) in [5.74, 6) is 0.778. The summed E-state index contributed by atoms with van der Waals surface area (Å²) < 4.78 is 11.4. The molecule has 0 saturated carbocycles. The second-order valence-electron chi connectivity index (χ2n) is 7.54. The van der Waals surface area contributed by atoms with Crippen LogP contribution in [0.3, 0.4) is 0 Å². The van der Waals surface area contributed by atoms with Crippen LogP contribution in [0.1, 0.15) is 22.3 Å². The quantitative estimate of drug-likeness (QED) is 0.363. The van der Waals surface area contributed by atoms with Gasteiger partial charge in [0.05, 0.1) is 18.6 Å². The van der Waals surface area contributed by atoms with Crippen molar-refractivity contribution in [1.29, 1.82) is 0 Å². The van der Waals surface area contributed by atoms with Gasteiger partial charge in [-0.3, -0.25) is 14.5 Å². The van der Waals surface area contributed by atoms with Crippen molar-refractivity contribution in [2.45, 2.75) is 20.1 Å². The summed E-state index contributed by atoms with van der Waals surface area (Å²) in [5.41, 5.74) is 3.64. The SMILES string of the molecule is COc1cc(/C=C2\SC(=O)N(Cc3ccc(C)cc3)C2=O)ccc1OCc1ccccc1Cl. The Morgan fingerprint density at radius 2 is 1.76 bits per heavy atom. The summed E-state index contributed by atoms with van der Waals surface area (Å²) in [4.78, 5) is 26.9. The smallest absolute Gasteiger partial charge is 0.293 e. The van der Waals surface area contributed by atoms with E-state index in [0.717, 1.165) is 34.0 Å². The lowest BCUT2D eigenvalue weighted by atomic mass is 10.1. The molecule has 5 nitrogen and oxygen atoms in total. The number of methoxy groups -OCH3 is 1. The van der Waals surface area contributed by atoms with E-state index < -0.39 is 0 Å². The van der Waals surface area contributed by atoms with E-state index in [1.54, 1.807) is 25.3 Å². The highest BCUT2D eigenvalue weighted by molar-refractivity contribution is 8.18. The maximum Gasteiger partial charge on any atom is 0.293 e. The minimum atomic E-state index is -0.302. The van der Waals surface area contributed by atoms with Gasteiger partial charge in [0, 0.05) is 10.6 Å². The van der Waals surface area contributed by atoms with Gasteiger partial charge in [-0.25, -0.2) is 0 Å². The number of hydrogen-bond donors (Lipinski definition) is 0. The lowest BCUT2D eigenvalue weighted by molar-refractivity contribution is -0.123. The molecule has 0 atom stereocenters. The zero-order valence-corrected chi connectivity index (χ0v) is 19.8. The number of carbonyl (C=O) groups is 2. The average Bonchev–Trinajstić information content (AvgIpc) is 3.07. The highest BCUT2D eigenvalue weighted by atomic mass is 35.5. The van der Waals surface area contributed by atoms with E-state index in [2.05, 4.69) is 0 Å². The molecule has 0 radical (unpaired) electrons. The molecule has 1 fully saturated rings. The predicted molar refractivity (Wildman–Crippen MR) is 131 cm³/mol. The minimum absolute atomic E-state index is 0.250. The molecule has 0 N–H and O–H groups in total. The molecular formula is C26H22ClNO4S. The second-order valence-corrected chi connectivity index (χ2v) is 8.94. The molecule has 1 aliphatic rings. The number of hydrogen-bond acceptors (Lipinski definition) is 5.